The highest BCUT2D eigenvalue weighted by Gasteiger charge is 2.41. The zero-order valence-corrected chi connectivity index (χ0v) is 20.2. The van der Waals surface area contributed by atoms with Crippen LogP contribution < -0.4 is 4.90 Å². The predicted octanol–water partition coefficient (Wildman–Crippen LogP) is 0.815. The van der Waals surface area contributed by atoms with Crippen LogP contribution in [0.4, 0.5) is 5.69 Å². The molecule has 1 aromatic rings. The van der Waals surface area contributed by atoms with Crippen LogP contribution in [0.25, 0.3) is 0 Å². The molecule has 2 fully saturated rings. The van der Waals surface area contributed by atoms with E-state index in [4.69, 9.17) is 9.47 Å². The molecule has 0 radical (unpaired) electrons. The summed E-state index contributed by atoms with van der Waals surface area (Å²) in [6.45, 7) is 6.67. The van der Waals surface area contributed by atoms with Crippen LogP contribution in [-0.4, -0.2) is 96.2 Å². The summed E-state index contributed by atoms with van der Waals surface area (Å²) in [7, 11) is 1.57. The number of carbonyl (C=O) groups excluding carboxylic acids is 4. The van der Waals surface area contributed by atoms with Gasteiger partial charge in [0.15, 0.2) is 12.2 Å². The first-order valence-corrected chi connectivity index (χ1v) is 11.4. The van der Waals surface area contributed by atoms with Crippen LogP contribution in [0.15, 0.2) is 24.3 Å². The molecule has 2 atom stereocenters. The lowest BCUT2D eigenvalue weighted by molar-refractivity contribution is -0.177. The summed E-state index contributed by atoms with van der Waals surface area (Å²) in [6, 6.07) is 6.47. The average molecular weight is 476 g/mol. The maximum Gasteiger partial charge on any atom is 0.338 e. The molecule has 186 valence electrons. The SMILES string of the molecule is CN(CC(=O)N1CCCC1)C(=O)c1cccc(N2CCO[C@H]([C@@H](O)C(=O)OC(C)(C)C)C2=O)c1. The van der Waals surface area contributed by atoms with Gasteiger partial charge in [-0.05, 0) is 51.8 Å². The first-order valence-electron chi connectivity index (χ1n) is 11.4. The van der Waals surface area contributed by atoms with Gasteiger partial charge in [0.2, 0.25) is 5.91 Å². The van der Waals surface area contributed by atoms with Crippen molar-refractivity contribution in [3.8, 4) is 0 Å². The normalized spacial score (nSPS) is 19.7. The molecule has 10 nitrogen and oxygen atoms in total. The molecule has 10 heteroatoms. The van der Waals surface area contributed by atoms with Gasteiger partial charge in [-0.2, -0.15) is 0 Å². The van der Waals surface area contributed by atoms with Crippen molar-refractivity contribution >= 4 is 29.4 Å². The highest BCUT2D eigenvalue weighted by atomic mass is 16.6. The molecule has 3 amide bonds. The van der Waals surface area contributed by atoms with Crippen LogP contribution in [0.3, 0.4) is 0 Å². The maximum atomic E-state index is 13.0. The number of hydrogen-bond acceptors (Lipinski definition) is 7. The smallest absolute Gasteiger partial charge is 0.338 e. The molecular formula is C24H33N3O7. The fraction of sp³-hybridized carbons (Fsp3) is 0.583. The topological polar surface area (TPSA) is 117 Å². The van der Waals surface area contributed by atoms with E-state index >= 15 is 0 Å². The molecule has 1 N–H and O–H groups in total. The van der Waals surface area contributed by atoms with E-state index in [1.165, 1.54) is 9.80 Å². The summed E-state index contributed by atoms with van der Waals surface area (Å²) in [5.74, 6) is -1.99. The van der Waals surface area contributed by atoms with Crippen molar-refractivity contribution in [2.24, 2.45) is 0 Å². The van der Waals surface area contributed by atoms with Crippen molar-refractivity contribution in [3.63, 3.8) is 0 Å². The molecule has 2 saturated heterocycles. The van der Waals surface area contributed by atoms with Gasteiger partial charge in [0.05, 0.1) is 13.2 Å². The Morgan fingerprint density at radius 3 is 2.53 bits per heavy atom. The summed E-state index contributed by atoms with van der Waals surface area (Å²) in [5.41, 5.74) is -0.0793. The van der Waals surface area contributed by atoms with Crippen LogP contribution in [0, 0.1) is 0 Å². The summed E-state index contributed by atoms with van der Waals surface area (Å²) < 4.78 is 10.6. The minimum absolute atomic E-state index is 0.0241. The molecule has 0 spiro atoms. The van der Waals surface area contributed by atoms with Gasteiger partial charge in [-0.15, -0.1) is 0 Å². The molecule has 0 aromatic heterocycles. The molecule has 34 heavy (non-hydrogen) atoms. The van der Waals surface area contributed by atoms with E-state index in [1.54, 1.807) is 57.0 Å². The number of likely N-dealkylation sites (N-methyl/N-ethyl adjacent to an activating group) is 1. The molecule has 2 heterocycles. The number of carbonyl (C=O) groups is 4. The Morgan fingerprint density at radius 1 is 1.21 bits per heavy atom. The van der Waals surface area contributed by atoms with Gasteiger partial charge in [-0.1, -0.05) is 6.07 Å². The molecule has 0 saturated carbocycles. The van der Waals surface area contributed by atoms with Gasteiger partial charge >= 0.3 is 5.97 Å². The second kappa shape index (κ2) is 10.5. The number of nitrogens with zero attached hydrogens (tertiary/aromatic N) is 3. The predicted molar refractivity (Wildman–Crippen MR) is 123 cm³/mol. The molecule has 3 rings (SSSR count). The van der Waals surface area contributed by atoms with E-state index in [9.17, 15) is 24.3 Å². The minimum atomic E-state index is -1.78. The van der Waals surface area contributed by atoms with Gasteiger partial charge < -0.3 is 29.3 Å². The highest BCUT2D eigenvalue weighted by Crippen LogP contribution is 2.23. The van der Waals surface area contributed by atoms with E-state index in [2.05, 4.69) is 0 Å². The number of esters is 1. The number of anilines is 1. The van der Waals surface area contributed by atoms with E-state index in [-0.39, 0.29) is 31.5 Å². The van der Waals surface area contributed by atoms with Crippen molar-refractivity contribution in [3.05, 3.63) is 29.8 Å². The maximum absolute atomic E-state index is 13.0. The molecule has 0 unspecified atom stereocenters. The molecule has 0 aliphatic carbocycles. The Morgan fingerprint density at radius 2 is 1.88 bits per heavy atom. The summed E-state index contributed by atoms with van der Waals surface area (Å²) in [4.78, 5) is 55.1. The van der Waals surface area contributed by atoms with Gasteiger partial charge in [-0.3, -0.25) is 14.4 Å². The van der Waals surface area contributed by atoms with E-state index in [0.717, 1.165) is 12.8 Å². The van der Waals surface area contributed by atoms with Crippen LogP contribution in [0.2, 0.25) is 0 Å². The number of benzene rings is 1. The van der Waals surface area contributed by atoms with E-state index < -0.39 is 29.7 Å². The molecule has 2 aliphatic rings. The van der Waals surface area contributed by atoms with E-state index in [1.807, 2.05) is 0 Å². The van der Waals surface area contributed by atoms with Crippen LogP contribution in [-0.2, 0) is 23.9 Å². The number of likely N-dealkylation sites (tertiary alicyclic amines) is 1. The van der Waals surface area contributed by atoms with Gasteiger partial charge in [-0.25, -0.2) is 4.79 Å². The van der Waals surface area contributed by atoms with Crippen molar-refractivity contribution in [2.75, 3.05) is 44.7 Å². The zero-order valence-electron chi connectivity index (χ0n) is 20.2. The van der Waals surface area contributed by atoms with E-state index in [0.29, 0.717) is 24.3 Å². The Bertz CT molecular complexity index is 937. The van der Waals surface area contributed by atoms with Gasteiger partial charge in [0.25, 0.3) is 11.8 Å². The monoisotopic (exact) mass is 475 g/mol. The molecule has 0 bridgehead atoms. The van der Waals surface area contributed by atoms with Crippen LogP contribution in [0.1, 0.15) is 44.0 Å². The second-order valence-electron chi connectivity index (χ2n) is 9.56. The van der Waals surface area contributed by atoms with Crippen molar-refractivity contribution in [1.82, 2.24) is 9.80 Å². The number of rotatable bonds is 6. The molecular weight excluding hydrogens is 442 g/mol. The van der Waals surface area contributed by atoms with Gasteiger partial charge in [0, 0.05) is 37.9 Å². The lowest BCUT2D eigenvalue weighted by Gasteiger charge is -2.34. The third-order valence-electron chi connectivity index (χ3n) is 5.64. The second-order valence-corrected chi connectivity index (χ2v) is 9.56. The first-order chi connectivity index (χ1) is 16.0. The fourth-order valence-corrected chi connectivity index (χ4v) is 3.94. The van der Waals surface area contributed by atoms with Crippen molar-refractivity contribution < 1.29 is 33.8 Å². The lowest BCUT2D eigenvalue weighted by atomic mass is 10.1. The van der Waals surface area contributed by atoms with Crippen molar-refractivity contribution in [2.45, 2.75) is 51.4 Å². The largest absolute Gasteiger partial charge is 0.458 e. The summed E-state index contributed by atoms with van der Waals surface area (Å²) in [5, 5.41) is 10.4. The standard InChI is InChI=1S/C24H33N3O7/c1-24(2,3)34-23(32)19(29)20-22(31)27(12-13-33-20)17-9-7-8-16(14-17)21(30)25(4)15-18(28)26-10-5-6-11-26/h7-9,14,19-20,29H,5-6,10-13,15H2,1-4H3/t19-,20-/m1/s1. The average Bonchev–Trinajstić information content (AvgIpc) is 3.32. The highest BCUT2D eigenvalue weighted by molar-refractivity contribution is 6.02. The third kappa shape index (κ3) is 6.12. The Hall–Kier alpha value is -2.98. The van der Waals surface area contributed by atoms with Gasteiger partial charge in [0.1, 0.15) is 5.60 Å². The third-order valence-corrected chi connectivity index (χ3v) is 5.64. The van der Waals surface area contributed by atoms with Crippen LogP contribution >= 0.6 is 0 Å². The first kappa shape index (κ1) is 25.6. The van der Waals surface area contributed by atoms with Crippen LogP contribution in [0.5, 0.6) is 0 Å². The summed E-state index contributed by atoms with van der Waals surface area (Å²) >= 11 is 0. The number of aliphatic hydroxyl groups is 1. The number of morpholine rings is 1. The minimum Gasteiger partial charge on any atom is -0.458 e. The molecule has 1 aromatic carbocycles. The van der Waals surface area contributed by atoms with Crippen molar-refractivity contribution in [1.29, 1.82) is 0 Å². The Kier molecular flexibility index (Phi) is 7.93. The summed E-state index contributed by atoms with van der Waals surface area (Å²) in [6.07, 6.45) is -1.24. The Balaban J connectivity index is 1.70. The Labute approximate surface area is 199 Å². The molecule has 2 aliphatic heterocycles. The fourth-order valence-electron chi connectivity index (χ4n) is 3.94. The number of amides is 3. The quantitative estimate of drug-likeness (QED) is 0.606. The number of hydrogen-bond donors (Lipinski definition) is 1. The lowest BCUT2D eigenvalue weighted by Crippen LogP contribution is -2.55. The number of aliphatic hydroxyl groups excluding tert-OH is 1. The number of ether oxygens (including phenoxy) is 2. The zero-order chi connectivity index (χ0) is 25.0.